The Morgan fingerprint density at radius 1 is 1.30 bits per heavy atom. The smallest absolute Gasteiger partial charge is 0.350 e. The van der Waals surface area contributed by atoms with E-state index in [1.807, 2.05) is 24.3 Å². The van der Waals surface area contributed by atoms with Gasteiger partial charge in [-0.05, 0) is 30.9 Å². The minimum Gasteiger partial charge on any atom is -0.462 e. The molecule has 0 bridgehead atoms. The summed E-state index contributed by atoms with van der Waals surface area (Å²) >= 11 is 0. The van der Waals surface area contributed by atoms with E-state index in [0.29, 0.717) is 0 Å². The zero-order chi connectivity index (χ0) is 15.0. The van der Waals surface area contributed by atoms with Gasteiger partial charge in [-0.25, -0.2) is 4.79 Å². The third kappa shape index (κ3) is 3.86. The molecule has 0 unspecified atom stereocenters. The lowest BCUT2D eigenvalue weighted by atomic mass is 10.0. The lowest BCUT2D eigenvalue weighted by molar-refractivity contribution is -0.138. The lowest BCUT2D eigenvalue weighted by Gasteiger charge is -2.13. The van der Waals surface area contributed by atoms with Crippen LogP contribution >= 0.6 is 0 Å². The van der Waals surface area contributed by atoms with Gasteiger partial charge in [-0.1, -0.05) is 32.0 Å². The zero-order valence-corrected chi connectivity index (χ0v) is 12.2. The molecule has 0 aliphatic rings. The number of carbonyl (C=O) groups is 1. The highest BCUT2D eigenvalue weighted by molar-refractivity contribution is 5.93. The van der Waals surface area contributed by atoms with Crippen LogP contribution in [0.15, 0.2) is 30.0 Å². The number of ether oxygens (including phenoxy) is 1. The van der Waals surface area contributed by atoms with E-state index in [0.717, 1.165) is 29.7 Å². The van der Waals surface area contributed by atoms with Crippen LogP contribution in [0.25, 0.3) is 0 Å². The number of rotatable bonds is 6. The number of esters is 1. The quantitative estimate of drug-likeness (QED) is 0.491. The fourth-order valence-corrected chi connectivity index (χ4v) is 1.92. The van der Waals surface area contributed by atoms with E-state index in [1.165, 1.54) is 6.20 Å². The SMILES string of the molecule is CCOC(=O)/C(C#N)=C\Nc1c(CC)cccc1CC. The number of nitrogens with zero attached hydrogens (tertiary/aromatic N) is 1. The highest BCUT2D eigenvalue weighted by Gasteiger charge is 2.10. The van der Waals surface area contributed by atoms with Crippen LogP contribution in [0.2, 0.25) is 0 Å². The molecule has 1 rings (SSSR count). The Labute approximate surface area is 120 Å². The van der Waals surface area contributed by atoms with Gasteiger partial charge in [-0.3, -0.25) is 0 Å². The number of hydrogen-bond acceptors (Lipinski definition) is 4. The molecule has 1 N–H and O–H groups in total. The predicted octanol–water partition coefficient (Wildman–Crippen LogP) is 3.19. The minimum atomic E-state index is -0.602. The molecule has 4 heteroatoms. The van der Waals surface area contributed by atoms with E-state index in [1.54, 1.807) is 6.92 Å². The Hall–Kier alpha value is -2.28. The van der Waals surface area contributed by atoms with E-state index in [2.05, 4.69) is 19.2 Å². The number of para-hydroxylation sites is 1. The number of anilines is 1. The van der Waals surface area contributed by atoms with Crippen molar-refractivity contribution in [3.63, 3.8) is 0 Å². The van der Waals surface area contributed by atoms with Crippen LogP contribution in [0.5, 0.6) is 0 Å². The minimum absolute atomic E-state index is 0.0280. The van der Waals surface area contributed by atoms with Crippen LogP contribution in [0.4, 0.5) is 5.69 Å². The van der Waals surface area contributed by atoms with Crippen molar-refractivity contribution in [2.45, 2.75) is 33.6 Å². The molecule has 20 heavy (non-hydrogen) atoms. The van der Waals surface area contributed by atoms with Gasteiger partial charge in [0.05, 0.1) is 6.61 Å². The number of aryl methyl sites for hydroxylation is 2. The molecule has 0 saturated heterocycles. The molecule has 0 heterocycles. The summed E-state index contributed by atoms with van der Waals surface area (Å²) in [6, 6.07) is 7.94. The van der Waals surface area contributed by atoms with E-state index in [9.17, 15) is 4.79 Å². The molecule has 0 aliphatic heterocycles. The maximum absolute atomic E-state index is 11.6. The maximum atomic E-state index is 11.6. The zero-order valence-electron chi connectivity index (χ0n) is 12.2. The first kappa shape index (κ1) is 15.8. The van der Waals surface area contributed by atoms with Crippen molar-refractivity contribution in [1.29, 1.82) is 5.26 Å². The Morgan fingerprint density at radius 2 is 1.90 bits per heavy atom. The molecular weight excluding hydrogens is 252 g/mol. The van der Waals surface area contributed by atoms with Gasteiger partial charge < -0.3 is 10.1 Å². The number of carbonyl (C=O) groups excluding carboxylic acids is 1. The van der Waals surface area contributed by atoms with E-state index in [-0.39, 0.29) is 12.2 Å². The normalized spacial score (nSPS) is 10.8. The maximum Gasteiger partial charge on any atom is 0.350 e. The van der Waals surface area contributed by atoms with Gasteiger partial charge >= 0.3 is 5.97 Å². The van der Waals surface area contributed by atoms with Gasteiger partial charge in [-0.15, -0.1) is 0 Å². The Bertz CT molecular complexity index is 520. The topological polar surface area (TPSA) is 62.1 Å². The number of nitriles is 1. The van der Waals surface area contributed by atoms with Gasteiger partial charge in [0.1, 0.15) is 6.07 Å². The average molecular weight is 272 g/mol. The van der Waals surface area contributed by atoms with E-state index < -0.39 is 5.97 Å². The molecule has 0 saturated carbocycles. The van der Waals surface area contributed by atoms with Crippen LogP contribution in [0.1, 0.15) is 31.9 Å². The second-order valence-corrected chi connectivity index (χ2v) is 4.19. The summed E-state index contributed by atoms with van der Waals surface area (Å²) in [4.78, 5) is 11.6. The fourth-order valence-electron chi connectivity index (χ4n) is 1.92. The van der Waals surface area contributed by atoms with Gasteiger partial charge in [0.15, 0.2) is 5.57 Å². The molecule has 0 aliphatic carbocycles. The molecule has 0 fully saturated rings. The van der Waals surface area contributed by atoms with Gasteiger partial charge in [-0.2, -0.15) is 5.26 Å². The van der Waals surface area contributed by atoms with Crippen molar-refractivity contribution in [3.05, 3.63) is 41.1 Å². The standard InChI is InChI=1S/C16H20N2O2/c1-4-12-8-7-9-13(5-2)15(12)18-11-14(10-17)16(19)20-6-3/h7-9,11,18H,4-6H2,1-3H3/b14-11-. The van der Waals surface area contributed by atoms with Crippen molar-refractivity contribution in [1.82, 2.24) is 0 Å². The molecule has 0 spiro atoms. The van der Waals surface area contributed by atoms with Crippen molar-refractivity contribution < 1.29 is 9.53 Å². The van der Waals surface area contributed by atoms with Crippen LogP contribution in [0.3, 0.4) is 0 Å². The molecule has 0 atom stereocenters. The van der Waals surface area contributed by atoms with Crippen LogP contribution in [-0.4, -0.2) is 12.6 Å². The average Bonchev–Trinajstić information content (AvgIpc) is 2.47. The highest BCUT2D eigenvalue weighted by atomic mass is 16.5. The number of hydrogen-bond donors (Lipinski definition) is 1. The molecule has 4 nitrogen and oxygen atoms in total. The summed E-state index contributed by atoms with van der Waals surface area (Å²) in [6.45, 7) is 6.10. The van der Waals surface area contributed by atoms with Crippen molar-refractivity contribution in [2.75, 3.05) is 11.9 Å². The summed E-state index contributed by atoms with van der Waals surface area (Å²) in [6.07, 6.45) is 3.18. The van der Waals surface area contributed by atoms with Gasteiger partial charge in [0.2, 0.25) is 0 Å². The molecule has 1 aromatic carbocycles. The Balaban J connectivity index is 3.03. The second kappa shape index (κ2) is 8.00. The largest absolute Gasteiger partial charge is 0.462 e. The summed E-state index contributed by atoms with van der Waals surface area (Å²) in [5, 5.41) is 12.1. The summed E-state index contributed by atoms with van der Waals surface area (Å²) in [7, 11) is 0. The van der Waals surface area contributed by atoms with E-state index in [4.69, 9.17) is 10.00 Å². The number of benzene rings is 1. The van der Waals surface area contributed by atoms with Crippen LogP contribution < -0.4 is 5.32 Å². The van der Waals surface area contributed by atoms with Gasteiger partial charge in [0.25, 0.3) is 0 Å². The molecule has 0 radical (unpaired) electrons. The van der Waals surface area contributed by atoms with Crippen LogP contribution in [-0.2, 0) is 22.4 Å². The molecule has 1 aromatic rings. The second-order valence-electron chi connectivity index (χ2n) is 4.19. The third-order valence-electron chi connectivity index (χ3n) is 2.98. The monoisotopic (exact) mass is 272 g/mol. The molecule has 0 amide bonds. The summed E-state index contributed by atoms with van der Waals surface area (Å²) < 4.78 is 4.83. The first-order valence-corrected chi connectivity index (χ1v) is 6.82. The third-order valence-corrected chi connectivity index (χ3v) is 2.98. The Morgan fingerprint density at radius 3 is 2.35 bits per heavy atom. The van der Waals surface area contributed by atoms with Gasteiger partial charge in [0, 0.05) is 11.9 Å². The molecular formula is C16H20N2O2. The summed E-state index contributed by atoms with van der Waals surface area (Å²) in [5.74, 6) is -0.602. The summed E-state index contributed by atoms with van der Waals surface area (Å²) in [5.41, 5.74) is 3.25. The van der Waals surface area contributed by atoms with Crippen molar-refractivity contribution in [3.8, 4) is 6.07 Å². The molecule has 0 aromatic heterocycles. The first-order chi connectivity index (χ1) is 9.67. The van der Waals surface area contributed by atoms with Crippen molar-refractivity contribution in [2.24, 2.45) is 0 Å². The predicted molar refractivity (Wildman–Crippen MR) is 79.1 cm³/mol. The van der Waals surface area contributed by atoms with Crippen LogP contribution in [0, 0.1) is 11.3 Å². The number of nitrogens with one attached hydrogen (secondary N) is 1. The Kier molecular flexibility index (Phi) is 6.31. The highest BCUT2D eigenvalue weighted by Crippen LogP contribution is 2.22. The molecule has 106 valence electrons. The first-order valence-electron chi connectivity index (χ1n) is 6.82. The lowest BCUT2D eigenvalue weighted by Crippen LogP contribution is -2.08. The van der Waals surface area contributed by atoms with E-state index >= 15 is 0 Å². The fraction of sp³-hybridized carbons (Fsp3) is 0.375. The van der Waals surface area contributed by atoms with Crippen molar-refractivity contribution >= 4 is 11.7 Å².